The van der Waals surface area contributed by atoms with Crippen molar-refractivity contribution in [3.05, 3.63) is 71.3 Å². The van der Waals surface area contributed by atoms with Crippen molar-refractivity contribution >= 4 is 5.91 Å². The number of amides is 1. The second-order valence-electron chi connectivity index (χ2n) is 5.94. The molecule has 2 aromatic rings. The van der Waals surface area contributed by atoms with Crippen LogP contribution in [-0.2, 0) is 11.2 Å². The van der Waals surface area contributed by atoms with E-state index >= 15 is 0 Å². The fourth-order valence-electron chi connectivity index (χ4n) is 2.97. The number of ether oxygens (including phenoxy) is 1. The van der Waals surface area contributed by atoms with Gasteiger partial charge < -0.3 is 9.64 Å². The zero-order valence-corrected chi connectivity index (χ0v) is 13.5. The van der Waals surface area contributed by atoms with Crippen LogP contribution < -0.4 is 0 Å². The second-order valence-corrected chi connectivity index (χ2v) is 5.94. The third-order valence-corrected chi connectivity index (χ3v) is 4.35. The predicted octanol–water partition coefficient (Wildman–Crippen LogP) is 3.03. The monoisotopic (exact) mass is 320 g/mol. The molecule has 2 aromatic carbocycles. The van der Waals surface area contributed by atoms with Crippen molar-refractivity contribution in [3.8, 4) is 6.07 Å². The normalized spacial score (nSPS) is 16.5. The summed E-state index contributed by atoms with van der Waals surface area (Å²) < 4.78 is 5.48. The Labute approximate surface area is 142 Å². The van der Waals surface area contributed by atoms with Gasteiger partial charge in [-0.15, -0.1) is 0 Å². The largest absolute Gasteiger partial charge is 0.379 e. The van der Waals surface area contributed by atoms with Crippen molar-refractivity contribution in [2.45, 2.75) is 18.9 Å². The maximum atomic E-state index is 12.9. The topological polar surface area (TPSA) is 53.3 Å². The molecule has 0 saturated carbocycles. The zero-order valence-electron chi connectivity index (χ0n) is 13.5. The van der Waals surface area contributed by atoms with E-state index in [2.05, 4.69) is 18.2 Å². The van der Waals surface area contributed by atoms with Crippen LogP contribution in [0.15, 0.2) is 54.6 Å². The summed E-state index contributed by atoms with van der Waals surface area (Å²) in [6.07, 6.45) is 1.69. The van der Waals surface area contributed by atoms with Crippen LogP contribution in [0, 0.1) is 11.3 Å². The minimum Gasteiger partial charge on any atom is -0.379 e. The number of carbonyl (C=O) groups is 1. The van der Waals surface area contributed by atoms with Crippen LogP contribution in [-0.4, -0.2) is 36.6 Å². The van der Waals surface area contributed by atoms with E-state index in [-0.39, 0.29) is 11.9 Å². The summed E-state index contributed by atoms with van der Waals surface area (Å²) in [6.45, 7) is 1.96. The van der Waals surface area contributed by atoms with E-state index in [4.69, 9.17) is 10.00 Å². The maximum absolute atomic E-state index is 12.9. The molecular formula is C20H20N2O2. The first-order valence-corrected chi connectivity index (χ1v) is 8.21. The Kier molecular flexibility index (Phi) is 5.25. The summed E-state index contributed by atoms with van der Waals surface area (Å²) >= 11 is 0. The van der Waals surface area contributed by atoms with Crippen LogP contribution >= 0.6 is 0 Å². The van der Waals surface area contributed by atoms with E-state index in [9.17, 15) is 4.79 Å². The van der Waals surface area contributed by atoms with E-state index in [0.717, 1.165) is 12.8 Å². The first-order chi connectivity index (χ1) is 11.8. The number of nitrogens with zero attached hydrogens (tertiary/aromatic N) is 2. The van der Waals surface area contributed by atoms with Gasteiger partial charge >= 0.3 is 0 Å². The lowest BCUT2D eigenvalue weighted by Gasteiger charge is -2.28. The third kappa shape index (κ3) is 3.81. The fourth-order valence-corrected chi connectivity index (χ4v) is 2.97. The highest BCUT2D eigenvalue weighted by Crippen LogP contribution is 2.17. The molecule has 122 valence electrons. The summed E-state index contributed by atoms with van der Waals surface area (Å²) in [5.74, 6) is 0.00548. The van der Waals surface area contributed by atoms with Crippen molar-refractivity contribution in [2.75, 3.05) is 19.8 Å². The predicted molar refractivity (Wildman–Crippen MR) is 91.6 cm³/mol. The van der Waals surface area contributed by atoms with Crippen LogP contribution in [0.25, 0.3) is 0 Å². The van der Waals surface area contributed by atoms with Gasteiger partial charge in [0.15, 0.2) is 0 Å². The molecule has 4 heteroatoms. The number of nitriles is 1. The first kappa shape index (κ1) is 16.2. The number of hydrogen-bond acceptors (Lipinski definition) is 3. The Morgan fingerprint density at radius 2 is 1.92 bits per heavy atom. The number of hydrogen-bond donors (Lipinski definition) is 0. The Bertz CT molecular complexity index is 714. The average Bonchev–Trinajstić information content (AvgIpc) is 3.17. The van der Waals surface area contributed by atoms with Gasteiger partial charge in [0, 0.05) is 18.7 Å². The number of carbonyl (C=O) groups excluding carboxylic acids is 1. The molecule has 0 N–H and O–H groups in total. The van der Waals surface area contributed by atoms with Crippen LogP contribution in [0.1, 0.15) is 27.9 Å². The smallest absolute Gasteiger partial charge is 0.254 e. The van der Waals surface area contributed by atoms with Crippen LogP contribution in [0.5, 0.6) is 0 Å². The van der Waals surface area contributed by atoms with Crippen molar-refractivity contribution in [1.82, 2.24) is 4.90 Å². The molecule has 0 bridgehead atoms. The lowest BCUT2D eigenvalue weighted by molar-refractivity contribution is 0.0656. The zero-order chi connectivity index (χ0) is 16.8. The molecule has 24 heavy (non-hydrogen) atoms. The molecule has 1 heterocycles. The van der Waals surface area contributed by atoms with Gasteiger partial charge in [-0.05, 0) is 42.7 Å². The summed E-state index contributed by atoms with van der Waals surface area (Å²) in [5.41, 5.74) is 2.40. The Balaban J connectivity index is 1.75. The van der Waals surface area contributed by atoms with Crippen LogP contribution in [0.2, 0.25) is 0 Å². The highest BCUT2D eigenvalue weighted by Gasteiger charge is 2.27. The van der Waals surface area contributed by atoms with Crippen LogP contribution in [0.4, 0.5) is 0 Å². The van der Waals surface area contributed by atoms with E-state index in [1.807, 2.05) is 23.1 Å². The van der Waals surface area contributed by atoms with Gasteiger partial charge in [-0.25, -0.2) is 0 Å². The molecule has 4 nitrogen and oxygen atoms in total. The van der Waals surface area contributed by atoms with Gasteiger partial charge in [0.1, 0.15) is 0 Å². The molecule has 1 fully saturated rings. The molecule has 0 aromatic heterocycles. The molecule has 1 saturated heterocycles. The van der Waals surface area contributed by atoms with E-state index in [1.165, 1.54) is 5.56 Å². The van der Waals surface area contributed by atoms with E-state index in [1.54, 1.807) is 24.3 Å². The van der Waals surface area contributed by atoms with Gasteiger partial charge in [0.25, 0.3) is 5.91 Å². The Morgan fingerprint density at radius 3 is 2.54 bits per heavy atom. The molecule has 1 atom stereocenters. The SMILES string of the molecule is N#Cc1ccc(C(=O)N(CCc2ccccc2)[C@H]2CCOC2)cc1. The summed E-state index contributed by atoms with van der Waals surface area (Å²) in [7, 11) is 0. The lowest BCUT2D eigenvalue weighted by atomic mass is 10.1. The molecule has 1 aliphatic rings. The Hall–Kier alpha value is -2.64. The molecule has 3 rings (SSSR count). The quantitative estimate of drug-likeness (QED) is 0.851. The van der Waals surface area contributed by atoms with Crippen molar-refractivity contribution in [2.24, 2.45) is 0 Å². The molecule has 1 aliphatic heterocycles. The third-order valence-electron chi connectivity index (χ3n) is 4.35. The summed E-state index contributed by atoms with van der Waals surface area (Å²) in [4.78, 5) is 14.9. The molecule has 1 amide bonds. The average molecular weight is 320 g/mol. The standard InChI is InChI=1S/C20H20N2O2/c21-14-17-6-8-18(9-7-17)20(23)22(19-11-13-24-15-19)12-10-16-4-2-1-3-5-16/h1-9,19H,10-13,15H2/t19-/m0/s1. The van der Waals surface area contributed by atoms with Crippen molar-refractivity contribution < 1.29 is 9.53 Å². The fraction of sp³-hybridized carbons (Fsp3) is 0.300. The number of benzene rings is 2. The molecule has 0 unspecified atom stereocenters. The minimum atomic E-state index is 0.00548. The van der Waals surface area contributed by atoms with Gasteiger partial charge in [0.05, 0.1) is 24.3 Å². The minimum absolute atomic E-state index is 0.00548. The highest BCUT2D eigenvalue weighted by molar-refractivity contribution is 5.94. The van der Waals surface area contributed by atoms with Gasteiger partial charge in [-0.3, -0.25) is 4.79 Å². The second kappa shape index (κ2) is 7.76. The molecular weight excluding hydrogens is 300 g/mol. The van der Waals surface area contributed by atoms with E-state index < -0.39 is 0 Å². The molecule has 0 spiro atoms. The number of rotatable bonds is 5. The van der Waals surface area contributed by atoms with E-state index in [0.29, 0.717) is 30.9 Å². The summed E-state index contributed by atoms with van der Waals surface area (Å²) in [5, 5.41) is 8.90. The maximum Gasteiger partial charge on any atom is 0.254 e. The first-order valence-electron chi connectivity index (χ1n) is 8.21. The van der Waals surface area contributed by atoms with Gasteiger partial charge in [-0.1, -0.05) is 30.3 Å². The van der Waals surface area contributed by atoms with Gasteiger partial charge in [0.2, 0.25) is 0 Å². The van der Waals surface area contributed by atoms with Crippen molar-refractivity contribution in [3.63, 3.8) is 0 Å². The highest BCUT2D eigenvalue weighted by atomic mass is 16.5. The molecule has 0 aliphatic carbocycles. The molecule has 0 radical (unpaired) electrons. The Morgan fingerprint density at radius 1 is 1.17 bits per heavy atom. The van der Waals surface area contributed by atoms with Crippen molar-refractivity contribution in [1.29, 1.82) is 5.26 Å². The lowest BCUT2D eigenvalue weighted by Crippen LogP contribution is -2.42. The van der Waals surface area contributed by atoms with Gasteiger partial charge in [-0.2, -0.15) is 5.26 Å². The van der Waals surface area contributed by atoms with Crippen LogP contribution in [0.3, 0.4) is 0 Å². The summed E-state index contributed by atoms with van der Waals surface area (Å²) in [6, 6.07) is 19.2.